The molecule has 6 nitrogen and oxygen atoms in total. The van der Waals surface area contributed by atoms with E-state index in [0.29, 0.717) is 11.8 Å². The van der Waals surface area contributed by atoms with Crippen LogP contribution in [0.25, 0.3) is 0 Å². The van der Waals surface area contributed by atoms with Crippen LogP contribution in [0.15, 0.2) is 5.16 Å². The Morgan fingerprint density at radius 2 is 1.79 bits per heavy atom. The van der Waals surface area contributed by atoms with Gasteiger partial charge in [-0.15, -0.1) is 5.10 Å². The van der Waals surface area contributed by atoms with Gasteiger partial charge in [-0.3, -0.25) is 4.79 Å². The number of aromatic nitrogens is 4. The molecule has 24 heavy (non-hydrogen) atoms. The maximum atomic E-state index is 12.6. The maximum Gasteiger partial charge on any atom is 0.233 e. The van der Waals surface area contributed by atoms with Crippen molar-refractivity contribution >= 4 is 17.7 Å². The van der Waals surface area contributed by atoms with Gasteiger partial charge in [0.1, 0.15) is 0 Å². The van der Waals surface area contributed by atoms with E-state index in [2.05, 4.69) is 20.4 Å². The third kappa shape index (κ3) is 3.46. The molecule has 2 atom stereocenters. The number of amides is 1. The van der Waals surface area contributed by atoms with Gasteiger partial charge in [-0.2, -0.15) is 0 Å². The Bertz CT molecular complexity index is 571. The molecule has 2 aliphatic carbocycles. The van der Waals surface area contributed by atoms with Crippen LogP contribution >= 0.6 is 11.8 Å². The number of carbonyl (C=O) groups is 1. The van der Waals surface area contributed by atoms with Crippen LogP contribution in [0.2, 0.25) is 0 Å². The van der Waals surface area contributed by atoms with Crippen molar-refractivity contribution in [3.8, 4) is 0 Å². The van der Waals surface area contributed by atoms with Crippen molar-refractivity contribution in [2.75, 3.05) is 18.8 Å². The summed E-state index contributed by atoms with van der Waals surface area (Å²) in [7, 11) is 0. The van der Waals surface area contributed by atoms with Crippen molar-refractivity contribution in [3.63, 3.8) is 0 Å². The molecule has 2 heterocycles. The highest BCUT2D eigenvalue weighted by Crippen LogP contribution is 2.36. The average Bonchev–Trinajstić information content (AvgIpc) is 3.30. The Morgan fingerprint density at radius 1 is 1.04 bits per heavy atom. The van der Waals surface area contributed by atoms with E-state index in [9.17, 15) is 4.79 Å². The third-order valence-electron chi connectivity index (χ3n) is 6.10. The Balaban J connectivity index is 1.31. The first-order chi connectivity index (χ1) is 11.8. The molecule has 0 N–H and O–H groups in total. The summed E-state index contributed by atoms with van der Waals surface area (Å²) in [4.78, 5) is 14.7. The van der Waals surface area contributed by atoms with Gasteiger partial charge in [-0.25, -0.2) is 4.68 Å². The lowest BCUT2D eigenvalue weighted by Crippen LogP contribution is -2.45. The monoisotopic (exact) mass is 349 g/mol. The predicted molar refractivity (Wildman–Crippen MR) is 92.7 cm³/mol. The summed E-state index contributed by atoms with van der Waals surface area (Å²) in [5.74, 6) is 2.32. The van der Waals surface area contributed by atoms with Gasteiger partial charge in [-0.05, 0) is 47.9 Å². The normalized spacial score (nSPS) is 28.1. The molecule has 1 amide bonds. The highest BCUT2D eigenvalue weighted by atomic mass is 32.2. The number of piperidine rings is 1. The Labute approximate surface area is 147 Å². The first-order valence-corrected chi connectivity index (χ1v) is 10.5. The van der Waals surface area contributed by atoms with Crippen molar-refractivity contribution in [2.24, 2.45) is 11.8 Å². The van der Waals surface area contributed by atoms with Crippen molar-refractivity contribution in [1.29, 1.82) is 0 Å². The Hall–Kier alpha value is -1.11. The molecule has 3 aliphatic rings. The number of rotatable bonds is 4. The van der Waals surface area contributed by atoms with E-state index in [1.165, 1.54) is 56.7 Å². The van der Waals surface area contributed by atoms with E-state index in [1.807, 2.05) is 4.68 Å². The fourth-order valence-electron chi connectivity index (χ4n) is 4.70. The number of fused-ring (bicyclic) bond motifs is 1. The average molecular weight is 350 g/mol. The molecule has 0 bridgehead atoms. The smallest absolute Gasteiger partial charge is 0.233 e. The molecule has 1 aromatic heterocycles. The molecule has 0 unspecified atom stereocenters. The van der Waals surface area contributed by atoms with Gasteiger partial charge < -0.3 is 4.90 Å². The van der Waals surface area contributed by atoms with Crippen LogP contribution in [0.3, 0.4) is 0 Å². The summed E-state index contributed by atoms with van der Waals surface area (Å²) in [6.07, 6.45) is 11.4. The van der Waals surface area contributed by atoms with Crippen molar-refractivity contribution in [3.05, 3.63) is 0 Å². The number of hydrogen-bond acceptors (Lipinski definition) is 5. The number of hydrogen-bond donors (Lipinski definition) is 0. The second-order valence-corrected chi connectivity index (χ2v) is 8.51. The van der Waals surface area contributed by atoms with Crippen LogP contribution in [-0.4, -0.2) is 49.9 Å². The highest BCUT2D eigenvalue weighted by Gasteiger charge is 2.33. The predicted octanol–water partition coefficient (Wildman–Crippen LogP) is 2.92. The molecule has 2 saturated carbocycles. The largest absolute Gasteiger partial charge is 0.342 e. The van der Waals surface area contributed by atoms with Gasteiger partial charge in [0.05, 0.1) is 11.8 Å². The second-order valence-electron chi connectivity index (χ2n) is 7.57. The lowest BCUT2D eigenvalue weighted by atomic mass is 9.75. The zero-order chi connectivity index (χ0) is 16.4. The molecule has 0 aromatic carbocycles. The first-order valence-electron chi connectivity index (χ1n) is 9.49. The van der Waals surface area contributed by atoms with Crippen LogP contribution in [0.1, 0.15) is 63.8 Å². The summed E-state index contributed by atoms with van der Waals surface area (Å²) in [6.45, 7) is 1.91. The van der Waals surface area contributed by atoms with Gasteiger partial charge in [-0.1, -0.05) is 43.9 Å². The molecule has 7 heteroatoms. The van der Waals surface area contributed by atoms with Crippen molar-refractivity contribution < 1.29 is 4.79 Å². The summed E-state index contributed by atoms with van der Waals surface area (Å²) < 4.78 is 1.94. The number of tetrazole rings is 1. The topological polar surface area (TPSA) is 63.9 Å². The second kappa shape index (κ2) is 7.42. The number of likely N-dealkylation sites (tertiary alicyclic amines) is 1. The molecular formula is C17H27N5OS. The van der Waals surface area contributed by atoms with Crippen molar-refractivity contribution in [2.45, 2.75) is 69.0 Å². The van der Waals surface area contributed by atoms with Crippen LogP contribution < -0.4 is 0 Å². The van der Waals surface area contributed by atoms with Crippen LogP contribution in [0, 0.1) is 11.8 Å². The van der Waals surface area contributed by atoms with Crippen LogP contribution in [0.4, 0.5) is 0 Å². The SMILES string of the molecule is O=C(CSc1nnnn1C1CCCC1)N1CC[C@H]2CCCC[C@H]2C1. The van der Waals surface area contributed by atoms with E-state index in [-0.39, 0.29) is 5.91 Å². The van der Waals surface area contributed by atoms with E-state index in [1.54, 1.807) is 0 Å². The Morgan fingerprint density at radius 3 is 2.62 bits per heavy atom. The summed E-state index contributed by atoms with van der Waals surface area (Å²) in [5.41, 5.74) is 0. The number of nitrogens with zero attached hydrogens (tertiary/aromatic N) is 5. The molecule has 1 aliphatic heterocycles. The molecule has 132 valence electrons. The van der Waals surface area contributed by atoms with E-state index in [0.717, 1.165) is 42.9 Å². The molecule has 0 spiro atoms. The maximum absolute atomic E-state index is 12.6. The number of thioether (sulfide) groups is 1. The van der Waals surface area contributed by atoms with Crippen molar-refractivity contribution in [1.82, 2.24) is 25.1 Å². The zero-order valence-electron chi connectivity index (χ0n) is 14.3. The third-order valence-corrected chi connectivity index (χ3v) is 7.02. The highest BCUT2D eigenvalue weighted by molar-refractivity contribution is 7.99. The quantitative estimate of drug-likeness (QED) is 0.782. The fourth-order valence-corrected chi connectivity index (χ4v) is 5.55. The van der Waals surface area contributed by atoms with Crippen LogP contribution in [-0.2, 0) is 4.79 Å². The standard InChI is InChI=1S/C17H27N5OS/c23-16(21-10-9-13-5-1-2-6-14(13)11-21)12-24-17-18-19-20-22(17)15-7-3-4-8-15/h13-15H,1-12H2/t13-,14+/m1/s1. The minimum Gasteiger partial charge on any atom is -0.342 e. The van der Waals surface area contributed by atoms with Gasteiger partial charge in [0.15, 0.2) is 0 Å². The van der Waals surface area contributed by atoms with Crippen LogP contribution in [0.5, 0.6) is 0 Å². The molecule has 0 radical (unpaired) electrons. The molecule has 1 saturated heterocycles. The molecule has 4 rings (SSSR count). The molecule has 3 fully saturated rings. The summed E-state index contributed by atoms with van der Waals surface area (Å²) in [6, 6.07) is 0.426. The lowest BCUT2D eigenvalue weighted by Gasteiger charge is -2.41. The van der Waals surface area contributed by atoms with Gasteiger partial charge in [0.25, 0.3) is 0 Å². The number of carbonyl (C=O) groups excluding carboxylic acids is 1. The van der Waals surface area contributed by atoms with E-state index in [4.69, 9.17) is 0 Å². The summed E-state index contributed by atoms with van der Waals surface area (Å²) >= 11 is 1.51. The van der Waals surface area contributed by atoms with Gasteiger partial charge in [0, 0.05) is 13.1 Å². The molecular weight excluding hydrogens is 322 g/mol. The van der Waals surface area contributed by atoms with Gasteiger partial charge in [0.2, 0.25) is 11.1 Å². The lowest BCUT2D eigenvalue weighted by molar-refractivity contribution is -0.131. The minimum absolute atomic E-state index is 0.255. The van der Waals surface area contributed by atoms with E-state index < -0.39 is 0 Å². The van der Waals surface area contributed by atoms with E-state index >= 15 is 0 Å². The fraction of sp³-hybridized carbons (Fsp3) is 0.882. The first kappa shape index (κ1) is 16.4. The summed E-state index contributed by atoms with van der Waals surface area (Å²) in [5, 5.41) is 12.9. The molecule has 1 aromatic rings. The Kier molecular flexibility index (Phi) is 5.06. The minimum atomic E-state index is 0.255. The van der Waals surface area contributed by atoms with Gasteiger partial charge >= 0.3 is 0 Å². The zero-order valence-corrected chi connectivity index (χ0v) is 15.1.